The molecular formula is C35H29BrNO5S+. The minimum absolute atomic E-state index is 0.00940. The second kappa shape index (κ2) is 11.0. The number of carbonyl (C=O) groups is 2. The summed E-state index contributed by atoms with van der Waals surface area (Å²) in [6.07, 6.45) is -0.0159. The van der Waals surface area contributed by atoms with Crippen molar-refractivity contribution in [2.75, 3.05) is 6.54 Å². The molecule has 7 rings (SSSR count). The number of hydrogen-bond donors (Lipinski definition) is 3. The van der Waals surface area contributed by atoms with Crippen LogP contribution in [0.25, 0.3) is 32.3 Å². The molecule has 0 aromatic heterocycles. The molecule has 0 fully saturated rings. The molecule has 0 spiro atoms. The van der Waals surface area contributed by atoms with E-state index in [4.69, 9.17) is 4.74 Å². The summed E-state index contributed by atoms with van der Waals surface area (Å²) in [5.74, 6) is -0.853. The lowest BCUT2D eigenvalue weighted by Gasteiger charge is -2.34. The van der Waals surface area contributed by atoms with Gasteiger partial charge in [-0.25, -0.2) is 0 Å². The number of thioether (sulfide) groups is 1. The first-order valence-electron chi connectivity index (χ1n) is 14.3. The Morgan fingerprint density at radius 2 is 1.47 bits per heavy atom. The largest absolute Gasteiger partial charge is 0.481 e. The van der Waals surface area contributed by atoms with Crippen LogP contribution in [0.3, 0.4) is 0 Å². The van der Waals surface area contributed by atoms with Gasteiger partial charge in [-0.2, -0.15) is 0 Å². The molecule has 4 atom stereocenters. The molecule has 2 aliphatic rings. The summed E-state index contributed by atoms with van der Waals surface area (Å²) in [5, 5.41) is 26.0. The molecule has 3 N–H and O–H groups in total. The van der Waals surface area contributed by atoms with E-state index in [0.29, 0.717) is 18.1 Å². The lowest BCUT2D eigenvalue weighted by atomic mass is 9.80. The fourth-order valence-electron chi connectivity index (χ4n) is 6.72. The van der Waals surface area contributed by atoms with Gasteiger partial charge in [0.2, 0.25) is 0 Å². The first-order valence-corrected chi connectivity index (χ1v) is 16.0. The molecule has 2 heterocycles. The molecule has 0 bridgehead atoms. The van der Waals surface area contributed by atoms with Crippen molar-refractivity contribution >= 4 is 77.6 Å². The van der Waals surface area contributed by atoms with E-state index in [2.05, 4.69) is 46.3 Å². The van der Waals surface area contributed by atoms with Crippen molar-refractivity contribution in [3.8, 4) is 5.75 Å². The van der Waals surface area contributed by atoms with E-state index in [1.54, 1.807) is 11.8 Å². The summed E-state index contributed by atoms with van der Waals surface area (Å²) in [7, 11) is 0. The van der Waals surface area contributed by atoms with Gasteiger partial charge in [-0.15, -0.1) is 0 Å². The molecule has 216 valence electrons. The van der Waals surface area contributed by atoms with E-state index in [0.717, 1.165) is 57.8 Å². The molecule has 43 heavy (non-hydrogen) atoms. The van der Waals surface area contributed by atoms with Crippen LogP contribution >= 0.6 is 27.7 Å². The number of ether oxygens (including phenoxy) is 1. The Bertz CT molecular complexity index is 1990. The number of hydrogen-bond acceptors (Lipinski definition) is 4. The van der Waals surface area contributed by atoms with Crippen molar-refractivity contribution in [3.05, 3.63) is 101 Å². The van der Waals surface area contributed by atoms with E-state index in [-0.39, 0.29) is 30.1 Å². The summed E-state index contributed by atoms with van der Waals surface area (Å²) in [6, 6.07) is 28.8. The minimum Gasteiger partial charge on any atom is -0.481 e. The highest BCUT2D eigenvalue weighted by molar-refractivity contribution is 9.11. The summed E-state index contributed by atoms with van der Waals surface area (Å²) < 4.78 is 7.51. The Hall–Kier alpha value is -3.85. The van der Waals surface area contributed by atoms with Gasteiger partial charge in [0.15, 0.2) is 11.1 Å². The first kappa shape index (κ1) is 28.0. The van der Waals surface area contributed by atoms with E-state index >= 15 is 0 Å². The van der Waals surface area contributed by atoms with E-state index in [9.17, 15) is 19.8 Å². The van der Waals surface area contributed by atoms with Crippen molar-refractivity contribution in [2.24, 2.45) is 5.92 Å². The smallest absolute Gasteiger partial charge is 0.309 e. The zero-order chi connectivity index (χ0) is 29.8. The highest BCUT2D eigenvalue weighted by Gasteiger charge is 2.44. The number of nitrogens with one attached hydrogen (secondary N) is 1. The Labute approximate surface area is 261 Å². The standard InChI is InChI=1S/C35H28BrNO5S/c1-19-26(18-30(40)41)27-16-20-8-2-3-9-21(20)17-28(27)42-33(19)31(36)35-37(15-14-29(38)39)32-24-12-6-4-10-22(24)23-11-5-7-13-25(23)34(32)43-35/h2-13,16-17,19,26,35H,14-15,18H2,1H3,(H,38,39)(H,40,41)/p+1. The quantitative estimate of drug-likeness (QED) is 0.165. The fraction of sp³-hybridized carbons (Fsp3) is 0.200. The summed E-state index contributed by atoms with van der Waals surface area (Å²) in [6.45, 7) is 2.41. The monoisotopic (exact) mass is 654 g/mol. The lowest BCUT2D eigenvalue weighted by molar-refractivity contribution is -0.833. The number of benzene rings is 5. The number of allylic oxidation sites excluding steroid dienone is 1. The van der Waals surface area contributed by atoms with Crippen LogP contribution in [0.5, 0.6) is 5.75 Å². The first-order chi connectivity index (χ1) is 20.8. The molecule has 5 aromatic rings. The van der Waals surface area contributed by atoms with Gasteiger partial charge in [-0.3, -0.25) is 14.5 Å². The molecule has 0 aliphatic carbocycles. The third-order valence-corrected chi connectivity index (χ3v) is 11.3. The van der Waals surface area contributed by atoms with Gasteiger partial charge in [0.25, 0.3) is 0 Å². The average Bonchev–Trinajstić information content (AvgIpc) is 3.40. The Balaban J connectivity index is 1.41. The van der Waals surface area contributed by atoms with Gasteiger partial charge in [-0.1, -0.05) is 73.7 Å². The van der Waals surface area contributed by atoms with Crippen LogP contribution in [-0.2, 0) is 9.59 Å². The van der Waals surface area contributed by atoms with Crippen LogP contribution in [-0.4, -0.2) is 34.1 Å². The number of aliphatic carboxylic acids is 2. The number of carboxylic acid groups (broad SMARTS) is 2. The van der Waals surface area contributed by atoms with Crippen molar-refractivity contribution in [1.82, 2.24) is 0 Å². The maximum absolute atomic E-state index is 12.1. The van der Waals surface area contributed by atoms with Gasteiger partial charge in [0.05, 0.1) is 24.3 Å². The number of fused-ring (bicyclic) bond motifs is 8. The zero-order valence-electron chi connectivity index (χ0n) is 23.3. The van der Waals surface area contributed by atoms with Crippen LogP contribution in [0.1, 0.15) is 31.2 Å². The molecule has 4 unspecified atom stereocenters. The minimum atomic E-state index is -0.859. The molecule has 0 saturated heterocycles. The van der Waals surface area contributed by atoms with Gasteiger partial charge < -0.3 is 14.9 Å². The number of rotatable bonds is 6. The maximum Gasteiger partial charge on any atom is 0.309 e. The van der Waals surface area contributed by atoms with E-state index in [1.165, 1.54) is 0 Å². The van der Waals surface area contributed by atoms with Crippen molar-refractivity contribution < 1.29 is 29.4 Å². The summed E-state index contributed by atoms with van der Waals surface area (Å²) in [5.41, 5.74) is 1.99. The molecule has 0 saturated carbocycles. The third-order valence-electron chi connectivity index (χ3n) is 8.74. The molecule has 0 radical (unpaired) electrons. The molecule has 0 amide bonds. The van der Waals surface area contributed by atoms with Crippen molar-refractivity contribution in [3.63, 3.8) is 0 Å². The van der Waals surface area contributed by atoms with Gasteiger partial charge in [0.1, 0.15) is 16.0 Å². The van der Waals surface area contributed by atoms with Crippen molar-refractivity contribution in [1.29, 1.82) is 0 Å². The van der Waals surface area contributed by atoms with Crippen LogP contribution < -0.4 is 9.64 Å². The molecule has 2 aliphatic heterocycles. The summed E-state index contributed by atoms with van der Waals surface area (Å²) in [4.78, 5) is 26.1. The van der Waals surface area contributed by atoms with E-state index < -0.39 is 11.9 Å². The predicted octanol–water partition coefficient (Wildman–Crippen LogP) is 7.46. The molecule has 8 heteroatoms. The van der Waals surface area contributed by atoms with Crippen LogP contribution in [0.2, 0.25) is 0 Å². The molecule has 6 nitrogen and oxygen atoms in total. The Morgan fingerprint density at radius 1 is 0.860 bits per heavy atom. The SMILES string of the molecule is CC1C(=C(Br)C2Sc3c(c4ccccc4c4ccccc34)[NH+]2CCC(=O)O)Oc2cc3ccccc3cc2C1CC(=O)O. The Kier molecular flexibility index (Phi) is 7.16. The number of quaternary nitrogens is 1. The zero-order valence-corrected chi connectivity index (χ0v) is 25.7. The normalized spacial score (nSPS) is 22.3. The van der Waals surface area contributed by atoms with Crippen LogP contribution in [0.15, 0.2) is 100 Å². The Morgan fingerprint density at radius 3 is 2.14 bits per heavy atom. The lowest BCUT2D eigenvalue weighted by Crippen LogP contribution is -3.09. The highest BCUT2D eigenvalue weighted by Crippen LogP contribution is 2.51. The highest BCUT2D eigenvalue weighted by atomic mass is 79.9. The van der Waals surface area contributed by atoms with Crippen LogP contribution in [0.4, 0.5) is 5.69 Å². The van der Waals surface area contributed by atoms with Gasteiger partial charge in [-0.05, 0) is 73.0 Å². The maximum atomic E-state index is 12.1. The molecule has 5 aromatic carbocycles. The average molecular weight is 656 g/mol. The van der Waals surface area contributed by atoms with Gasteiger partial charge in [0, 0.05) is 22.6 Å². The third kappa shape index (κ3) is 4.78. The number of halogens is 1. The topological polar surface area (TPSA) is 88.3 Å². The van der Waals surface area contributed by atoms with Crippen molar-refractivity contribution in [2.45, 2.75) is 36.0 Å². The number of carboxylic acids is 2. The van der Waals surface area contributed by atoms with Gasteiger partial charge >= 0.3 is 11.9 Å². The predicted molar refractivity (Wildman–Crippen MR) is 174 cm³/mol. The van der Waals surface area contributed by atoms with E-state index in [1.807, 2.05) is 61.5 Å². The van der Waals surface area contributed by atoms with Crippen LogP contribution in [0, 0.1) is 5.92 Å². The fourth-order valence-corrected chi connectivity index (χ4v) is 9.22. The molecular weight excluding hydrogens is 626 g/mol. The summed E-state index contributed by atoms with van der Waals surface area (Å²) >= 11 is 5.67. The second-order valence-electron chi connectivity index (χ2n) is 11.3. The second-order valence-corrected chi connectivity index (χ2v) is 13.2.